The van der Waals surface area contributed by atoms with Crippen LogP contribution in [0.2, 0.25) is 0 Å². The summed E-state index contributed by atoms with van der Waals surface area (Å²) < 4.78 is 11.0. The molecule has 3 atom stereocenters. The van der Waals surface area contributed by atoms with Gasteiger partial charge < -0.3 is 15.2 Å². The summed E-state index contributed by atoms with van der Waals surface area (Å²) in [5, 5.41) is 0.514. The van der Waals surface area contributed by atoms with Crippen LogP contribution >= 0.6 is 11.8 Å². The Morgan fingerprint density at radius 3 is 3.05 bits per heavy atom. The molecule has 0 bridgehead atoms. The van der Waals surface area contributed by atoms with Crippen LogP contribution in [0.5, 0.6) is 5.75 Å². The van der Waals surface area contributed by atoms with Crippen molar-refractivity contribution in [1.82, 2.24) is 0 Å². The molecule has 0 radical (unpaired) electrons. The molecule has 1 aliphatic carbocycles. The van der Waals surface area contributed by atoms with E-state index in [4.69, 9.17) is 15.2 Å². The third kappa shape index (κ3) is 2.97. The molecule has 3 unspecified atom stereocenters. The Labute approximate surface area is 125 Å². The highest BCUT2D eigenvalue weighted by Crippen LogP contribution is 2.37. The molecular formula is C16H23NO2S. The number of rotatable bonds is 4. The second-order valence-electron chi connectivity index (χ2n) is 5.64. The molecule has 110 valence electrons. The molecule has 0 amide bonds. The van der Waals surface area contributed by atoms with E-state index < -0.39 is 0 Å². The Kier molecular flexibility index (Phi) is 4.54. The molecule has 20 heavy (non-hydrogen) atoms. The van der Waals surface area contributed by atoms with Crippen molar-refractivity contribution < 1.29 is 9.47 Å². The van der Waals surface area contributed by atoms with Crippen molar-refractivity contribution in [3.05, 3.63) is 29.3 Å². The van der Waals surface area contributed by atoms with Crippen molar-refractivity contribution in [2.75, 3.05) is 19.5 Å². The van der Waals surface area contributed by atoms with Gasteiger partial charge in [0.1, 0.15) is 5.75 Å². The normalized spacial score (nSPS) is 29.2. The third-order valence-electron chi connectivity index (χ3n) is 4.33. The zero-order valence-corrected chi connectivity index (χ0v) is 12.8. The number of ether oxygens (including phenoxy) is 2. The first-order valence-corrected chi connectivity index (χ1v) is 8.48. The Bertz CT molecular complexity index is 460. The lowest BCUT2D eigenvalue weighted by atomic mass is 9.87. The SMILES string of the molecule is COc1ccc2c(c1)CCC(SCC1CCCO1)C2N. The molecule has 0 spiro atoms. The standard InChI is InChI=1S/C16H23NO2S/c1-18-12-5-6-14-11(9-12)4-7-15(16(14)17)20-10-13-3-2-8-19-13/h5-6,9,13,15-16H,2-4,7-8,10,17H2,1H3. The summed E-state index contributed by atoms with van der Waals surface area (Å²) in [6, 6.07) is 6.43. The van der Waals surface area contributed by atoms with Crippen molar-refractivity contribution in [3.8, 4) is 5.75 Å². The second-order valence-corrected chi connectivity index (χ2v) is 6.91. The average molecular weight is 293 g/mol. The lowest BCUT2D eigenvalue weighted by molar-refractivity contribution is 0.128. The number of aryl methyl sites for hydroxylation is 1. The first-order valence-electron chi connectivity index (χ1n) is 7.43. The van der Waals surface area contributed by atoms with E-state index in [0.717, 1.165) is 31.0 Å². The van der Waals surface area contributed by atoms with Crippen molar-refractivity contribution in [3.63, 3.8) is 0 Å². The van der Waals surface area contributed by atoms with Gasteiger partial charge in [0, 0.05) is 23.7 Å². The van der Waals surface area contributed by atoms with Gasteiger partial charge in [0.25, 0.3) is 0 Å². The minimum Gasteiger partial charge on any atom is -0.497 e. The number of fused-ring (bicyclic) bond motifs is 1. The Hall–Kier alpha value is -0.710. The van der Waals surface area contributed by atoms with E-state index in [0.29, 0.717) is 11.4 Å². The van der Waals surface area contributed by atoms with E-state index in [1.165, 1.54) is 24.0 Å². The fourth-order valence-corrected chi connectivity index (χ4v) is 4.49. The van der Waals surface area contributed by atoms with E-state index in [9.17, 15) is 0 Å². The number of methoxy groups -OCH3 is 1. The Morgan fingerprint density at radius 1 is 1.40 bits per heavy atom. The van der Waals surface area contributed by atoms with Gasteiger partial charge in [-0.3, -0.25) is 0 Å². The van der Waals surface area contributed by atoms with Gasteiger partial charge in [0.05, 0.1) is 13.2 Å². The predicted molar refractivity (Wildman–Crippen MR) is 83.5 cm³/mol. The first kappa shape index (κ1) is 14.2. The highest BCUT2D eigenvalue weighted by molar-refractivity contribution is 8.00. The molecular weight excluding hydrogens is 270 g/mol. The van der Waals surface area contributed by atoms with Crippen LogP contribution in [0.1, 0.15) is 36.4 Å². The maximum absolute atomic E-state index is 6.46. The van der Waals surface area contributed by atoms with E-state index in [1.807, 2.05) is 17.8 Å². The van der Waals surface area contributed by atoms with Crippen LogP contribution in [0.3, 0.4) is 0 Å². The van der Waals surface area contributed by atoms with E-state index in [-0.39, 0.29) is 6.04 Å². The number of nitrogens with two attached hydrogens (primary N) is 1. The summed E-state index contributed by atoms with van der Waals surface area (Å²) in [6.07, 6.45) is 5.12. The topological polar surface area (TPSA) is 44.5 Å². The molecule has 0 saturated carbocycles. The van der Waals surface area contributed by atoms with Crippen LogP contribution in [0.4, 0.5) is 0 Å². The average Bonchev–Trinajstić information content (AvgIpc) is 2.99. The van der Waals surface area contributed by atoms with E-state index in [1.54, 1.807) is 7.11 Å². The molecule has 3 nitrogen and oxygen atoms in total. The van der Waals surface area contributed by atoms with E-state index in [2.05, 4.69) is 12.1 Å². The van der Waals surface area contributed by atoms with Gasteiger partial charge in [0.15, 0.2) is 0 Å². The predicted octanol–water partition coefficient (Wildman–Crippen LogP) is 2.92. The fraction of sp³-hybridized carbons (Fsp3) is 0.625. The third-order valence-corrected chi connectivity index (χ3v) is 5.85. The summed E-state index contributed by atoms with van der Waals surface area (Å²) in [5.41, 5.74) is 9.11. The molecule has 2 N–H and O–H groups in total. The number of hydrogen-bond donors (Lipinski definition) is 1. The van der Waals surface area contributed by atoms with Gasteiger partial charge in [-0.05, 0) is 48.9 Å². The smallest absolute Gasteiger partial charge is 0.119 e. The quantitative estimate of drug-likeness (QED) is 0.927. The number of thioether (sulfide) groups is 1. The summed E-state index contributed by atoms with van der Waals surface area (Å²) in [7, 11) is 1.71. The van der Waals surface area contributed by atoms with Crippen LogP contribution in [0.15, 0.2) is 18.2 Å². The lowest BCUT2D eigenvalue weighted by Gasteiger charge is -2.31. The second kappa shape index (κ2) is 6.37. The summed E-state index contributed by atoms with van der Waals surface area (Å²) >= 11 is 2.00. The number of benzene rings is 1. The van der Waals surface area contributed by atoms with Gasteiger partial charge in [0.2, 0.25) is 0 Å². The Morgan fingerprint density at radius 2 is 2.30 bits per heavy atom. The maximum Gasteiger partial charge on any atom is 0.119 e. The highest BCUT2D eigenvalue weighted by Gasteiger charge is 2.28. The lowest BCUT2D eigenvalue weighted by Crippen LogP contribution is -2.30. The van der Waals surface area contributed by atoms with Crippen LogP contribution in [-0.4, -0.2) is 30.8 Å². The molecule has 3 rings (SSSR count). The van der Waals surface area contributed by atoms with Gasteiger partial charge in [-0.25, -0.2) is 0 Å². The first-order chi connectivity index (χ1) is 9.78. The zero-order chi connectivity index (χ0) is 13.9. The van der Waals surface area contributed by atoms with Gasteiger partial charge >= 0.3 is 0 Å². The van der Waals surface area contributed by atoms with Crippen molar-refractivity contribution in [2.45, 2.75) is 43.1 Å². The monoisotopic (exact) mass is 293 g/mol. The molecule has 4 heteroatoms. The molecule has 1 saturated heterocycles. The molecule has 1 aromatic carbocycles. The molecule has 1 fully saturated rings. The van der Waals surface area contributed by atoms with Crippen LogP contribution < -0.4 is 10.5 Å². The molecule has 2 aliphatic rings. The van der Waals surface area contributed by atoms with Crippen LogP contribution in [0, 0.1) is 0 Å². The number of hydrogen-bond acceptors (Lipinski definition) is 4. The summed E-state index contributed by atoms with van der Waals surface area (Å²) in [5.74, 6) is 2.02. The molecule has 0 aromatic heterocycles. The minimum atomic E-state index is 0.135. The minimum absolute atomic E-state index is 0.135. The maximum atomic E-state index is 6.46. The van der Waals surface area contributed by atoms with Crippen LogP contribution in [-0.2, 0) is 11.2 Å². The van der Waals surface area contributed by atoms with E-state index >= 15 is 0 Å². The van der Waals surface area contributed by atoms with Crippen molar-refractivity contribution in [2.24, 2.45) is 5.73 Å². The van der Waals surface area contributed by atoms with Crippen LogP contribution in [0.25, 0.3) is 0 Å². The molecule has 1 heterocycles. The van der Waals surface area contributed by atoms with Gasteiger partial charge in [-0.1, -0.05) is 6.07 Å². The van der Waals surface area contributed by atoms with Gasteiger partial charge in [-0.15, -0.1) is 0 Å². The molecule has 1 aromatic rings. The summed E-state index contributed by atoms with van der Waals surface area (Å²) in [6.45, 7) is 0.935. The van der Waals surface area contributed by atoms with Gasteiger partial charge in [-0.2, -0.15) is 11.8 Å². The zero-order valence-electron chi connectivity index (χ0n) is 12.0. The highest BCUT2D eigenvalue weighted by atomic mass is 32.2. The largest absolute Gasteiger partial charge is 0.497 e. The van der Waals surface area contributed by atoms with Crippen molar-refractivity contribution in [1.29, 1.82) is 0 Å². The fourth-order valence-electron chi connectivity index (χ4n) is 3.12. The molecule has 1 aliphatic heterocycles. The summed E-state index contributed by atoms with van der Waals surface area (Å²) in [4.78, 5) is 0. The van der Waals surface area contributed by atoms with Crippen molar-refractivity contribution >= 4 is 11.8 Å². The Balaban J connectivity index is 1.64.